The predicted octanol–water partition coefficient (Wildman–Crippen LogP) is 3.32. The normalized spacial score (nSPS) is 10.4. The summed E-state index contributed by atoms with van der Waals surface area (Å²) in [6.45, 7) is 0.0964. The molecule has 0 atom stereocenters. The van der Waals surface area contributed by atoms with Gasteiger partial charge in [0.15, 0.2) is 11.5 Å². The van der Waals surface area contributed by atoms with Gasteiger partial charge in [0.1, 0.15) is 5.82 Å². The highest BCUT2D eigenvalue weighted by atomic mass is 79.9. The van der Waals surface area contributed by atoms with Crippen molar-refractivity contribution >= 4 is 21.6 Å². The number of phenolic OH excluding ortho intramolecular Hbond substituents is 3. The molecule has 4 nitrogen and oxygen atoms in total. The topological polar surface area (TPSA) is 72.7 Å². The molecule has 0 aliphatic rings. The Bertz CT molecular complexity index is 599. The molecular formula is C13H11BrFNO3. The Morgan fingerprint density at radius 2 is 1.79 bits per heavy atom. The lowest BCUT2D eigenvalue weighted by molar-refractivity contribution is 0.365. The van der Waals surface area contributed by atoms with Gasteiger partial charge >= 0.3 is 0 Å². The highest BCUT2D eigenvalue weighted by Crippen LogP contribution is 2.37. The Hall–Kier alpha value is -1.95. The minimum Gasteiger partial charge on any atom is -0.504 e. The summed E-state index contributed by atoms with van der Waals surface area (Å²) in [6.07, 6.45) is 0. The monoisotopic (exact) mass is 327 g/mol. The van der Waals surface area contributed by atoms with Crippen molar-refractivity contribution in [3.63, 3.8) is 0 Å². The van der Waals surface area contributed by atoms with Crippen LogP contribution in [0.2, 0.25) is 0 Å². The third-order valence-electron chi connectivity index (χ3n) is 2.63. The second kappa shape index (κ2) is 5.36. The van der Waals surface area contributed by atoms with Crippen molar-refractivity contribution < 1.29 is 19.7 Å². The van der Waals surface area contributed by atoms with E-state index in [1.54, 1.807) is 12.1 Å². The smallest absolute Gasteiger partial charge is 0.200 e. The van der Waals surface area contributed by atoms with Crippen molar-refractivity contribution in [3.8, 4) is 17.2 Å². The molecule has 0 aliphatic carbocycles. The number of anilines is 1. The van der Waals surface area contributed by atoms with Gasteiger partial charge in [-0.3, -0.25) is 0 Å². The molecule has 6 heteroatoms. The number of hydrogen-bond acceptors (Lipinski definition) is 4. The molecule has 0 aromatic heterocycles. The van der Waals surface area contributed by atoms with Crippen LogP contribution in [0, 0.1) is 5.82 Å². The summed E-state index contributed by atoms with van der Waals surface area (Å²) < 4.78 is 14.1. The molecule has 0 saturated carbocycles. The second-order valence-electron chi connectivity index (χ2n) is 3.89. The number of rotatable bonds is 3. The molecule has 19 heavy (non-hydrogen) atoms. The van der Waals surface area contributed by atoms with Crippen LogP contribution in [0.15, 0.2) is 34.8 Å². The summed E-state index contributed by atoms with van der Waals surface area (Å²) in [5, 5.41) is 31.0. The van der Waals surface area contributed by atoms with E-state index in [0.29, 0.717) is 10.0 Å². The van der Waals surface area contributed by atoms with Crippen LogP contribution in [0.5, 0.6) is 17.2 Å². The number of aromatic hydroxyl groups is 3. The fourth-order valence-electron chi connectivity index (χ4n) is 1.60. The van der Waals surface area contributed by atoms with Gasteiger partial charge in [-0.15, -0.1) is 0 Å². The van der Waals surface area contributed by atoms with E-state index in [2.05, 4.69) is 21.2 Å². The van der Waals surface area contributed by atoms with Crippen molar-refractivity contribution in [1.29, 1.82) is 0 Å². The summed E-state index contributed by atoms with van der Waals surface area (Å²) in [5.41, 5.74) is 0.597. The maximum atomic E-state index is 13.6. The Balaban J connectivity index is 2.22. The Kier molecular flexibility index (Phi) is 3.80. The van der Waals surface area contributed by atoms with E-state index in [1.165, 1.54) is 18.2 Å². The lowest BCUT2D eigenvalue weighted by Gasteiger charge is -2.11. The van der Waals surface area contributed by atoms with Crippen LogP contribution in [0.4, 0.5) is 10.1 Å². The van der Waals surface area contributed by atoms with Crippen molar-refractivity contribution in [2.24, 2.45) is 0 Å². The minimum absolute atomic E-state index is 0.0964. The summed E-state index contributed by atoms with van der Waals surface area (Å²) in [6, 6.07) is 7.24. The molecule has 2 aromatic rings. The largest absolute Gasteiger partial charge is 0.504 e. The minimum atomic E-state index is -0.591. The van der Waals surface area contributed by atoms with E-state index < -0.39 is 23.1 Å². The molecule has 2 rings (SSSR count). The van der Waals surface area contributed by atoms with Gasteiger partial charge in [0, 0.05) is 16.6 Å². The number of nitrogens with one attached hydrogen (secondary N) is 1. The van der Waals surface area contributed by atoms with Crippen molar-refractivity contribution in [2.45, 2.75) is 6.54 Å². The molecule has 0 saturated heterocycles. The van der Waals surface area contributed by atoms with Crippen LogP contribution in [-0.2, 0) is 6.54 Å². The molecule has 2 aromatic carbocycles. The molecule has 0 fully saturated rings. The molecule has 100 valence electrons. The highest BCUT2D eigenvalue weighted by molar-refractivity contribution is 9.10. The molecule has 0 bridgehead atoms. The first kappa shape index (κ1) is 13.5. The fourth-order valence-corrected chi connectivity index (χ4v) is 2.09. The van der Waals surface area contributed by atoms with Gasteiger partial charge in [-0.1, -0.05) is 6.07 Å². The van der Waals surface area contributed by atoms with Gasteiger partial charge in [0.25, 0.3) is 0 Å². The lowest BCUT2D eigenvalue weighted by Crippen LogP contribution is -2.02. The average molecular weight is 328 g/mol. The van der Waals surface area contributed by atoms with Gasteiger partial charge in [0.2, 0.25) is 5.75 Å². The fraction of sp³-hybridized carbons (Fsp3) is 0.0769. The SMILES string of the molecule is Oc1ccc(CNc2c(F)cccc2Br)c(O)c1O. The average Bonchev–Trinajstić information content (AvgIpc) is 2.38. The van der Waals surface area contributed by atoms with E-state index in [9.17, 15) is 19.7 Å². The standard InChI is InChI=1S/C13H11BrFNO3/c14-8-2-1-3-9(15)11(8)16-6-7-4-5-10(17)13(19)12(7)18/h1-5,16-19H,6H2. The van der Waals surface area contributed by atoms with Crippen LogP contribution in [0.3, 0.4) is 0 Å². The van der Waals surface area contributed by atoms with Gasteiger partial charge in [-0.05, 0) is 40.2 Å². The van der Waals surface area contributed by atoms with E-state index in [1.807, 2.05) is 0 Å². The van der Waals surface area contributed by atoms with E-state index in [0.717, 1.165) is 0 Å². The molecule has 0 aliphatic heterocycles. The Labute approximate surface area is 117 Å². The van der Waals surface area contributed by atoms with Gasteiger partial charge in [0.05, 0.1) is 5.69 Å². The van der Waals surface area contributed by atoms with Crippen LogP contribution in [-0.4, -0.2) is 15.3 Å². The number of hydrogen-bond donors (Lipinski definition) is 4. The maximum absolute atomic E-state index is 13.6. The third kappa shape index (κ3) is 2.73. The molecule has 0 spiro atoms. The summed E-state index contributed by atoms with van der Waals surface area (Å²) in [7, 11) is 0. The van der Waals surface area contributed by atoms with Gasteiger partial charge < -0.3 is 20.6 Å². The molecule has 0 radical (unpaired) electrons. The summed E-state index contributed by atoms with van der Waals surface area (Å²) >= 11 is 3.21. The Morgan fingerprint density at radius 1 is 1.05 bits per heavy atom. The zero-order chi connectivity index (χ0) is 14.0. The molecule has 0 unspecified atom stereocenters. The zero-order valence-electron chi connectivity index (χ0n) is 9.69. The zero-order valence-corrected chi connectivity index (χ0v) is 11.3. The number of halogens is 2. The van der Waals surface area contributed by atoms with Crippen LogP contribution in [0.25, 0.3) is 0 Å². The van der Waals surface area contributed by atoms with Crippen LogP contribution < -0.4 is 5.32 Å². The number of phenols is 3. The second-order valence-corrected chi connectivity index (χ2v) is 4.75. The molecule has 4 N–H and O–H groups in total. The van der Waals surface area contributed by atoms with Crippen molar-refractivity contribution in [1.82, 2.24) is 0 Å². The van der Waals surface area contributed by atoms with Crippen LogP contribution >= 0.6 is 15.9 Å². The highest BCUT2D eigenvalue weighted by Gasteiger charge is 2.12. The summed E-state index contributed by atoms with van der Waals surface area (Å²) in [4.78, 5) is 0. The van der Waals surface area contributed by atoms with E-state index in [4.69, 9.17) is 0 Å². The molecule has 0 amide bonds. The first-order chi connectivity index (χ1) is 9.00. The number of para-hydroxylation sites is 1. The Morgan fingerprint density at radius 3 is 2.47 bits per heavy atom. The molecule has 0 heterocycles. The van der Waals surface area contributed by atoms with Crippen molar-refractivity contribution in [2.75, 3.05) is 5.32 Å². The summed E-state index contributed by atoms with van der Waals surface area (Å²) in [5.74, 6) is -1.86. The first-order valence-electron chi connectivity index (χ1n) is 5.41. The van der Waals surface area contributed by atoms with E-state index >= 15 is 0 Å². The van der Waals surface area contributed by atoms with Crippen molar-refractivity contribution in [3.05, 3.63) is 46.2 Å². The lowest BCUT2D eigenvalue weighted by atomic mass is 10.1. The molecular weight excluding hydrogens is 317 g/mol. The van der Waals surface area contributed by atoms with Gasteiger partial charge in [-0.2, -0.15) is 0 Å². The number of benzene rings is 2. The predicted molar refractivity (Wildman–Crippen MR) is 72.9 cm³/mol. The van der Waals surface area contributed by atoms with E-state index in [-0.39, 0.29) is 12.2 Å². The quantitative estimate of drug-likeness (QED) is 0.652. The van der Waals surface area contributed by atoms with Crippen LogP contribution in [0.1, 0.15) is 5.56 Å². The first-order valence-corrected chi connectivity index (χ1v) is 6.20. The third-order valence-corrected chi connectivity index (χ3v) is 3.29. The maximum Gasteiger partial charge on any atom is 0.200 e. The van der Waals surface area contributed by atoms with Gasteiger partial charge in [-0.25, -0.2) is 4.39 Å².